The number of rotatable bonds is 4. The van der Waals surface area contributed by atoms with Gasteiger partial charge in [-0.1, -0.05) is 19.9 Å². The van der Waals surface area contributed by atoms with Gasteiger partial charge < -0.3 is 10.4 Å². The number of aliphatic hydroxyl groups excluding tert-OH is 1. The van der Waals surface area contributed by atoms with Crippen molar-refractivity contribution in [3.05, 3.63) is 11.6 Å². The minimum absolute atomic E-state index is 0.261. The largest absolute Gasteiger partial charge is 0.387 e. The van der Waals surface area contributed by atoms with E-state index in [4.69, 9.17) is 0 Å². The fourth-order valence-corrected chi connectivity index (χ4v) is 1.64. The normalized spacial score (nSPS) is 20.2. The van der Waals surface area contributed by atoms with Crippen LogP contribution in [0, 0.1) is 0 Å². The van der Waals surface area contributed by atoms with Crippen molar-refractivity contribution in [1.29, 1.82) is 0 Å². The monoisotopic (exact) mass is 183 g/mol. The van der Waals surface area contributed by atoms with Crippen LogP contribution < -0.4 is 5.32 Å². The Bertz CT molecular complexity index is 175. The Morgan fingerprint density at radius 2 is 2.23 bits per heavy atom. The topological polar surface area (TPSA) is 32.3 Å². The van der Waals surface area contributed by atoms with Gasteiger partial charge in [0.1, 0.15) is 0 Å². The molecular formula is C11H21NO. The molecule has 2 nitrogen and oxygen atoms in total. The molecule has 0 aromatic rings. The number of hydrogen-bond acceptors (Lipinski definition) is 2. The predicted molar refractivity (Wildman–Crippen MR) is 55.7 cm³/mol. The van der Waals surface area contributed by atoms with Crippen molar-refractivity contribution in [2.75, 3.05) is 6.54 Å². The van der Waals surface area contributed by atoms with E-state index in [-0.39, 0.29) is 6.10 Å². The maximum atomic E-state index is 9.79. The zero-order chi connectivity index (χ0) is 9.68. The van der Waals surface area contributed by atoms with Crippen molar-refractivity contribution in [2.45, 2.75) is 51.7 Å². The number of hydrogen-bond donors (Lipinski definition) is 2. The van der Waals surface area contributed by atoms with Crippen LogP contribution in [0.5, 0.6) is 0 Å². The van der Waals surface area contributed by atoms with E-state index < -0.39 is 0 Å². The van der Waals surface area contributed by atoms with E-state index in [1.165, 1.54) is 18.4 Å². The molecule has 0 saturated carbocycles. The Morgan fingerprint density at radius 3 is 2.77 bits per heavy atom. The number of aliphatic hydroxyl groups is 1. The third-order valence-electron chi connectivity index (χ3n) is 2.47. The summed E-state index contributed by atoms with van der Waals surface area (Å²) in [6.07, 6.45) is 6.70. The molecule has 0 aliphatic heterocycles. The van der Waals surface area contributed by atoms with Crippen LogP contribution in [0.4, 0.5) is 0 Å². The van der Waals surface area contributed by atoms with Crippen molar-refractivity contribution >= 4 is 0 Å². The quantitative estimate of drug-likeness (QED) is 0.652. The SMILES string of the molecule is CC(C)NCC(O)C1=CCCCC1. The number of nitrogens with one attached hydrogen (secondary N) is 1. The third-order valence-corrected chi connectivity index (χ3v) is 2.47. The van der Waals surface area contributed by atoms with E-state index in [0.29, 0.717) is 12.6 Å². The highest BCUT2D eigenvalue weighted by Crippen LogP contribution is 2.19. The van der Waals surface area contributed by atoms with Gasteiger partial charge in [-0.15, -0.1) is 0 Å². The van der Waals surface area contributed by atoms with Gasteiger partial charge in [0.25, 0.3) is 0 Å². The Hall–Kier alpha value is -0.340. The second-order valence-corrected chi connectivity index (χ2v) is 4.10. The molecule has 76 valence electrons. The van der Waals surface area contributed by atoms with E-state index >= 15 is 0 Å². The first-order valence-electron chi connectivity index (χ1n) is 5.30. The van der Waals surface area contributed by atoms with Gasteiger partial charge in [0.2, 0.25) is 0 Å². The van der Waals surface area contributed by atoms with Gasteiger partial charge in [-0.05, 0) is 31.3 Å². The summed E-state index contributed by atoms with van der Waals surface area (Å²) in [5, 5.41) is 13.0. The minimum Gasteiger partial charge on any atom is -0.387 e. The summed E-state index contributed by atoms with van der Waals surface area (Å²) in [7, 11) is 0. The average Bonchev–Trinajstić information content (AvgIpc) is 2.15. The smallest absolute Gasteiger partial charge is 0.0874 e. The summed E-state index contributed by atoms with van der Waals surface area (Å²) in [6.45, 7) is 4.90. The first-order valence-corrected chi connectivity index (χ1v) is 5.30. The standard InChI is InChI=1S/C11H21NO/c1-9(2)12-8-11(13)10-6-4-3-5-7-10/h6,9,11-13H,3-5,7-8H2,1-2H3. The lowest BCUT2D eigenvalue weighted by Crippen LogP contribution is -2.33. The summed E-state index contributed by atoms with van der Waals surface area (Å²) < 4.78 is 0. The molecule has 0 bridgehead atoms. The fourth-order valence-electron chi connectivity index (χ4n) is 1.64. The fraction of sp³-hybridized carbons (Fsp3) is 0.818. The molecule has 2 heteroatoms. The lowest BCUT2D eigenvalue weighted by Gasteiger charge is -2.20. The summed E-state index contributed by atoms with van der Waals surface area (Å²) >= 11 is 0. The molecule has 1 rings (SSSR count). The summed E-state index contributed by atoms with van der Waals surface area (Å²) in [5.74, 6) is 0. The van der Waals surface area contributed by atoms with Crippen LogP contribution in [0.3, 0.4) is 0 Å². The van der Waals surface area contributed by atoms with Crippen LogP contribution >= 0.6 is 0 Å². The van der Waals surface area contributed by atoms with Crippen molar-refractivity contribution in [1.82, 2.24) is 5.32 Å². The average molecular weight is 183 g/mol. The van der Waals surface area contributed by atoms with Gasteiger partial charge in [-0.25, -0.2) is 0 Å². The molecule has 1 aliphatic carbocycles. The Kier molecular flexibility index (Phi) is 4.46. The molecule has 0 radical (unpaired) electrons. The predicted octanol–water partition coefficient (Wildman–Crippen LogP) is 1.85. The second kappa shape index (κ2) is 5.40. The van der Waals surface area contributed by atoms with Crippen molar-refractivity contribution < 1.29 is 5.11 Å². The maximum absolute atomic E-state index is 9.79. The first kappa shape index (κ1) is 10.7. The molecule has 0 saturated heterocycles. The zero-order valence-corrected chi connectivity index (χ0v) is 8.71. The van der Waals surface area contributed by atoms with E-state index in [9.17, 15) is 5.11 Å². The van der Waals surface area contributed by atoms with Gasteiger partial charge in [-0.3, -0.25) is 0 Å². The lowest BCUT2D eigenvalue weighted by atomic mass is 9.95. The van der Waals surface area contributed by atoms with Crippen LogP contribution in [-0.4, -0.2) is 23.8 Å². The lowest BCUT2D eigenvalue weighted by molar-refractivity contribution is 0.196. The molecule has 1 unspecified atom stereocenters. The van der Waals surface area contributed by atoms with E-state index in [1.54, 1.807) is 0 Å². The maximum Gasteiger partial charge on any atom is 0.0874 e. The van der Waals surface area contributed by atoms with Gasteiger partial charge in [0.15, 0.2) is 0 Å². The summed E-state index contributed by atoms with van der Waals surface area (Å²) in [4.78, 5) is 0. The van der Waals surface area contributed by atoms with Crippen molar-refractivity contribution in [3.63, 3.8) is 0 Å². The summed E-state index contributed by atoms with van der Waals surface area (Å²) in [6, 6.07) is 0.457. The zero-order valence-electron chi connectivity index (χ0n) is 8.71. The van der Waals surface area contributed by atoms with Crippen LogP contribution in [-0.2, 0) is 0 Å². The molecule has 2 N–H and O–H groups in total. The molecule has 13 heavy (non-hydrogen) atoms. The molecule has 1 aliphatic rings. The Morgan fingerprint density at radius 1 is 1.46 bits per heavy atom. The molecule has 1 atom stereocenters. The van der Waals surface area contributed by atoms with E-state index in [2.05, 4.69) is 25.2 Å². The molecular weight excluding hydrogens is 162 g/mol. The van der Waals surface area contributed by atoms with Crippen molar-refractivity contribution in [3.8, 4) is 0 Å². The molecule has 0 fully saturated rings. The highest BCUT2D eigenvalue weighted by atomic mass is 16.3. The van der Waals surface area contributed by atoms with Crippen LogP contribution in [0.25, 0.3) is 0 Å². The van der Waals surface area contributed by atoms with E-state index in [0.717, 1.165) is 12.8 Å². The van der Waals surface area contributed by atoms with Gasteiger partial charge in [-0.2, -0.15) is 0 Å². The van der Waals surface area contributed by atoms with Gasteiger partial charge >= 0.3 is 0 Å². The minimum atomic E-state index is -0.261. The molecule has 0 spiro atoms. The first-order chi connectivity index (χ1) is 6.20. The second-order valence-electron chi connectivity index (χ2n) is 4.10. The van der Waals surface area contributed by atoms with Gasteiger partial charge in [0.05, 0.1) is 6.10 Å². The summed E-state index contributed by atoms with van der Waals surface area (Å²) in [5.41, 5.74) is 1.24. The Balaban J connectivity index is 2.29. The molecule has 0 heterocycles. The van der Waals surface area contributed by atoms with E-state index in [1.807, 2.05) is 0 Å². The molecule has 0 aromatic carbocycles. The highest BCUT2D eigenvalue weighted by Gasteiger charge is 2.12. The van der Waals surface area contributed by atoms with Crippen LogP contribution in [0.1, 0.15) is 39.5 Å². The van der Waals surface area contributed by atoms with Crippen molar-refractivity contribution in [2.24, 2.45) is 0 Å². The molecule has 0 aromatic heterocycles. The highest BCUT2D eigenvalue weighted by molar-refractivity contribution is 5.10. The van der Waals surface area contributed by atoms with Crippen LogP contribution in [0.15, 0.2) is 11.6 Å². The van der Waals surface area contributed by atoms with Crippen LogP contribution in [0.2, 0.25) is 0 Å². The third kappa shape index (κ3) is 3.92. The molecule has 0 amide bonds. The van der Waals surface area contributed by atoms with Gasteiger partial charge in [0, 0.05) is 12.6 Å². The number of allylic oxidation sites excluding steroid dienone is 1. The Labute approximate surface area is 81.0 Å².